The molecule has 8 nitrogen and oxygen atoms in total. The summed E-state index contributed by atoms with van der Waals surface area (Å²) in [6.45, 7) is 3.32. The van der Waals surface area contributed by atoms with Crippen molar-refractivity contribution in [2.24, 2.45) is 7.05 Å². The summed E-state index contributed by atoms with van der Waals surface area (Å²) in [5, 5.41) is 12.9. The van der Waals surface area contributed by atoms with E-state index in [2.05, 4.69) is 10.3 Å². The van der Waals surface area contributed by atoms with Crippen LogP contribution >= 0.6 is 0 Å². The molecule has 4 rings (SSSR count). The first kappa shape index (κ1) is 24.3. The lowest BCUT2D eigenvalue weighted by Gasteiger charge is -2.29. The number of aryl methyl sites for hydroxylation is 1. The number of rotatable bonds is 4. The largest absolute Gasteiger partial charge is 0.419 e. The molecule has 0 bridgehead atoms. The Balaban J connectivity index is 1.85. The van der Waals surface area contributed by atoms with E-state index in [0.29, 0.717) is 49.0 Å². The lowest BCUT2D eigenvalue weighted by Crippen LogP contribution is -2.40. The Bertz CT molecular complexity index is 1390. The van der Waals surface area contributed by atoms with Gasteiger partial charge >= 0.3 is 6.18 Å². The minimum Gasteiger partial charge on any atom is -0.399 e. The summed E-state index contributed by atoms with van der Waals surface area (Å²) in [7, 11) is 1.52. The zero-order chi connectivity index (χ0) is 25.5. The van der Waals surface area contributed by atoms with E-state index in [-0.39, 0.29) is 28.2 Å². The van der Waals surface area contributed by atoms with Crippen LogP contribution < -0.4 is 21.5 Å². The van der Waals surface area contributed by atoms with Crippen LogP contribution in [0.3, 0.4) is 0 Å². The molecule has 1 fully saturated rings. The Kier molecular flexibility index (Phi) is 6.29. The number of morpholine rings is 1. The average molecular weight is 490 g/mol. The van der Waals surface area contributed by atoms with Crippen molar-refractivity contribution >= 4 is 28.1 Å². The first-order chi connectivity index (χ1) is 16.5. The number of alkyl halides is 3. The second-order valence-electron chi connectivity index (χ2n) is 8.22. The quantitative estimate of drug-likeness (QED) is 0.425. The Morgan fingerprint density at radius 1 is 1.26 bits per heavy atom. The van der Waals surface area contributed by atoms with E-state index < -0.39 is 23.6 Å². The smallest absolute Gasteiger partial charge is 0.399 e. The number of halogens is 4. The van der Waals surface area contributed by atoms with Crippen LogP contribution in [0, 0.1) is 17.1 Å². The highest BCUT2D eigenvalue weighted by Gasteiger charge is 2.36. The van der Waals surface area contributed by atoms with Crippen molar-refractivity contribution in [1.82, 2.24) is 9.55 Å². The number of nitrogens with one attached hydrogen (secondary N) is 1. The molecule has 2 aromatic heterocycles. The Morgan fingerprint density at radius 3 is 2.57 bits per heavy atom. The van der Waals surface area contributed by atoms with Gasteiger partial charge in [0.05, 0.1) is 35.9 Å². The summed E-state index contributed by atoms with van der Waals surface area (Å²) in [4.78, 5) is 19.2. The fourth-order valence-corrected chi connectivity index (χ4v) is 4.19. The number of nitrogens with two attached hydrogens (primary N) is 1. The Morgan fingerprint density at radius 2 is 1.94 bits per heavy atom. The summed E-state index contributed by atoms with van der Waals surface area (Å²) in [5.74, 6) is -1.27. The van der Waals surface area contributed by atoms with Crippen LogP contribution in [0.1, 0.15) is 29.7 Å². The van der Waals surface area contributed by atoms with Gasteiger partial charge in [0.1, 0.15) is 23.4 Å². The van der Waals surface area contributed by atoms with E-state index >= 15 is 0 Å². The van der Waals surface area contributed by atoms with Crippen LogP contribution in [-0.4, -0.2) is 35.9 Å². The van der Waals surface area contributed by atoms with Gasteiger partial charge in [-0.25, -0.2) is 9.37 Å². The Hall–Kier alpha value is -3.85. The average Bonchev–Trinajstić information content (AvgIpc) is 2.82. The second-order valence-corrected chi connectivity index (χ2v) is 8.22. The first-order valence-corrected chi connectivity index (χ1v) is 10.7. The molecular formula is C23H22F4N6O2. The summed E-state index contributed by atoms with van der Waals surface area (Å²) in [6.07, 6.45) is -3.67. The van der Waals surface area contributed by atoms with Crippen LogP contribution in [0.2, 0.25) is 0 Å². The molecule has 12 heteroatoms. The van der Waals surface area contributed by atoms with E-state index in [0.717, 1.165) is 6.07 Å². The number of fused-ring (bicyclic) bond motifs is 1. The summed E-state index contributed by atoms with van der Waals surface area (Å²) < 4.78 is 61.4. The lowest BCUT2D eigenvalue weighted by molar-refractivity contribution is -0.140. The molecule has 0 saturated carbocycles. The summed E-state index contributed by atoms with van der Waals surface area (Å²) >= 11 is 0. The van der Waals surface area contributed by atoms with Crippen molar-refractivity contribution in [1.29, 1.82) is 5.26 Å². The highest BCUT2D eigenvalue weighted by atomic mass is 19.4. The van der Waals surface area contributed by atoms with E-state index in [4.69, 9.17) is 10.5 Å². The third kappa shape index (κ3) is 4.46. The molecule has 3 N–H and O–H groups in total. The molecule has 3 heterocycles. The standard InChI is InChI=1S/C23H22F4N6O2/c1-12(15-7-14(29)8-17(19(15)24)23(25,26)27)31-21-16-9-18(33-3-5-35-6-4-33)22(34)32(2)20(16)13(10-28)11-30-21/h7-9,11-12H,3-6,29H2,1-2H3,(H,30,31)/t12-/m1/s1. The molecule has 0 radical (unpaired) electrons. The predicted octanol–water partition coefficient (Wildman–Crippen LogP) is 3.55. The van der Waals surface area contributed by atoms with Gasteiger partial charge in [0, 0.05) is 43.0 Å². The predicted molar refractivity (Wildman–Crippen MR) is 123 cm³/mol. The van der Waals surface area contributed by atoms with Gasteiger partial charge in [-0.15, -0.1) is 0 Å². The monoisotopic (exact) mass is 490 g/mol. The molecule has 0 spiro atoms. The van der Waals surface area contributed by atoms with Crippen molar-refractivity contribution in [3.8, 4) is 6.07 Å². The fraction of sp³-hybridized carbons (Fsp3) is 0.348. The normalized spacial score (nSPS) is 15.2. The molecule has 0 unspecified atom stereocenters. The minimum absolute atomic E-state index is 0.140. The van der Waals surface area contributed by atoms with Gasteiger partial charge in [0.25, 0.3) is 5.56 Å². The zero-order valence-electron chi connectivity index (χ0n) is 18.9. The fourth-order valence-electron chi connectivity index (χ4n) is 4.19. The van der Waals surface area contributed by atoms with Gasteiger partial charge in [0.15, 0.2) is 0 Å². The number of anilines is 3. The van der Waals surface area contributed by atoms with Crippen molar-refractivity contribution in [3.63, 3.8) is 0 Å². The maximum absolute atomic E-state index is 14.8. The number of nitrogens with zero attached hydrogens (tertiary/aromatic N) is 4. The Labute approximate surface area is 197 Å². The number of pyridine rings is 2. The van der Waals surface area contributed by atoms with Crippen LogP contribution in [0.4, 0.5) is 34.8 Å². The zero-order valence-corrected chi connectivity index (χ0v) is 18.9. The van der Waals surface area contributed by atoms with Crippen molar-refractivity contribution in [3.05, 3.63) is 57.3 Å². The number of aromatic nitrogens is 2. The van der Waals surface area contributed by atoms with Crippen LogP contribution in [0.15, 0.2) is 29.2 Å². The molecule has 184 valence electrons. The first-order valence-electron chi connectivity index (χ1n) is 10.7. The van der Waals surface area contributed by atoms with Gasteiger partial charge in [-0.3, -0.25) is 4.79 Å². The van der Waals surface area contributed by atoms with Crippen LogP contribution in [0.25, 0.3) is 10.9 Å². The molecule has 1 saturated heterocycles. The third-order valence-corrected chi connectivity index (χ3v) is 5.95. The van der Waals surface area contributed by atoms with Gasteiger partial charge in [-0.1, -0.05) is 0 Å². The number of benzene rings is 1. The van der Waals surface area contributed by atoms with E-state index in [9.17, 15) is 27.6 Å². The molecule has 35 heavy (non-hydrogen) atoms. The van der Waals surface area contributed by atoms with Crippen LogP contribution in [-0.2, 0) is 18.0 Å². The van der Waals surface area contributed by atoms with Crippen molar-refractivity contribution in [2.75, 3.05) is 42.3 Å². The molecular weight excluding hydrogens is 468 g/mol. The number of nitriles is 1. The van der Waals surface area contributed by atoms with Gasteiger partial charge < -0.3 is 25.3 Å². The van der Waals surface area contributed by atoms with Crippen molar-refractivity contribution in [2.45, 2.75) is 19.1 Å². The van der Waals surface area contributed by atoms with Gasteiger partial charge in [-0.05, 0) is 25.1 Å². The molecule has 0 amide bonds. The molecule has 3 aromatic rings. The van der Waals surface area contributed by atoms with E-state index in [1.54, 1.807) is 6.07 Å². The second kappa shape index (κ2) is 9.07. The highest BCUT2D eigenvalue weighted by Crippen LogP contribution is 2.37. The van der Waals surface area contributed by atoms with E-state index in [1.807, 2.05) is 11.0 Å². The molecule has 1 aromatic carbocycles. The van der Waals surface area contributed by atoms with E-state index in [1.165, 1.54) is 24.7 Å². The maximum atomic E-state index is 14.8. The third-order valence-electron chi connectivity index (χ3n) is 5.95. The van der Waals surface area contributed by atoms with Crippen LogP contribution in [0.5, 0.6) is 0 Å². The number of ether oxygens (including phenoxy) is 1. The summed E-state index contributed by atoms with van der Waals surface area (Å²) in [6, 6.07) is 4.29. The summed E-state index contributed by atoms with van der Waals surface area (Å²) in [5.41, 5.74) is 4.11. The number of hydrogen-bond acceptors (Lipinski definition) is 7. The lowest BCUT2D eigenvalue weighted by atomic mass is 10.0. The highest BCUT2D eigenvalue weighted by molar-refractivity contribution is 5.95. The molecule has 1 aliphatic rings. The molecule has 1 atom stereocenters. The minimum atomic E-state index is -4.92. The SMILES string of the molecule is C[C@@H](Nc1ncc(C#N)c2c1cc(N1CCOCC1)c(=O)n2C)c1cc(N)cc(C(F)(F)F)c1F. The number of nitrogen functional groups attached to an aromatic ring is 1. The number of hydrogen-bond donors (Lipinski definition) is 2. The topological polar surface area (TPSA) is 109 Å². The van der Waals surface area contributed by atoms with Crippen molar-refractivity contribution < 1.29 is 22.3 Å². The van der Waals surface area contributed by atoms with Gasteiger partial charge in [0.2, 0.25) is 0 Å². The molecule has 0 aliphatic carbocycles. The van der Waals surface area contributed by atoms with Gasteiger partial charge in [-0.2, -0.15) is 18.4 Å². The molecule has 1 aliphatic heterocycles. The maximum Gasteiger partial charge on any atom is 0.419 e.